The molecule has 0 saturated carbocycles. The van der Waals surface area contributed by atoms with Gasteiger partial charge in [-0.25, -0.2) is 0 Å². The fourth-order valence-electron chi connectivity index (χ4n) is 1.38. The van der Waals surface area contributed by atoms with Gasteiger partial charge in [-0.15, -0.1) is 0 Å². The molecule has 0 saturated heterocycles. The third-order valence-electron chi connectivity index (χ3n) is 2.32. The van der Waals surface area contributed by atoms with Crippen molar-refractivity contribution in [2.45, 2.75) is 26.3 Å². The Morgan fingerprint density at radius 2 is 2.35 bits per heavy atom. The van der Waals surface area contributed by atoms with Crippen LogP contribution in [0.15, 0.2) is 16.7 Å². The van der Waals surface area contributed by atoms with Gasteiger partial charge in [-0.05, 0) is 25.8 Å². The zero-order valence-corrected chi connectivity index (χ0v) is 10.2. The number of unbranched alkanes of at least 4 members (excludes halogenated alkanes) is 1. The Kier molecular flexibility index (Phi) is 6.35. The SMILES string of the molecule is CCOCCCCNC(=O)c1coc(CN)c1. The third-order valence-corrected chi connectivity index (χ3v) is 2.32. The number of amides is 1. The highest BCUT2D eigenvalue weighted by atomic mass is 16.5. The summed E-state index contributed by atoms with van der Waals surface area (Å²) < 4.78 is 10.3. The lowest BCUT2D eigenvalue weighted by Crippen LogP contribution is -2.24. The molecular weight excluding hydrogens is 220 g/mol. The molecule has 0 bridgehead atoms. The van der Waals surface area contributed by atoms with Crippen LogP contribution in [0.4, 0.5) is 0 Å². The molecule has 0 atom stereocenters. The number of ether oxygens (including phenoxy) is 1. The van der Waals surface area contributed by atoms with Crippen molar-refractivity contribution in [1.29, 1.82) is 0 Å². The summed E-state index contributed by atoms with van der Waals surface area (Å²) in [6, 6.07) is 1.66. The number of nitrogens with one attached hydrogen (secondary N) is 1. The predicted octanol–water partition coefficient (Wildman–Crippen LogP) is 1.28. The highest BCUT2D eigenvalue weighted by Gasteiger charge is 2.08. The van der Waals surface area contributed by atoms with Crippen LogP contribution in [0.3, 0.4) is 0 Å². The van der Waals surface area contributed by atoms with E-state index >= 15 is 0 Å². The Morgan fingerprint density at radius 1 is 1.53 bits per heavy atom. The molecule has 1 aromatic heterocycles. The van der Waals surface area contributed by atoms with Gasteiger partial charge in [0.15, 0.2) is 0 Å². The van der Waals surface area contributed by atoms with E-state index in [4.69, 9.17) is 14.9 Å². The number of nitrogens with two attached hydrogens (primary N) is 1. The van der Waals surface area contributed by atoms with Gasteiger partial charge in [-0.2, -0.15) is 0 Å². The van der Waals surface area contributed by atoms with Crippen LogP contribution in [-0.4, -0.2) is 25.7 Å². The number of hydrogen-bond acceptors (Lipinski definition) is 4. The molecule has 0 aliphatic carbocycles. The molecule has 1 rings (SSSR count). The standard InChI is InChI=1S/C12H20N2O3/c1-2-16-6-4-3-5-14-12(15)10-7-11(8-13)17-9-10/h7,9H,2-6,8,13H2,1H3,(H,14,15). The minimum Gasteiger partial charge on any atom is -0.467 e. The van der Waals surface area contributed by atoms with E-state index in [0.717, 1.165) is 26.1 Å². The molecule has 3 N–H and O–H groups in total. The van der Waals surface area contributed by atoms with Crippen molar-refractivity contribution in [2.75, 3.05) is 19.8 Å². The summed E-state index contributed by atoms with van der Waals surface area (Å²) in [7, 11) is 0. The zero-order chi connectivity index (χ0) is 12.5. The van der Waals surface area contributed by atoms with Crippen molar-refractivity contribution in [2.24, 2.45) is 5.73 Å². The van der Waals surface area contributed by atoms with Crippen LogP contribution in [0, 0.1) is 0 Å². The topological polar surface area (TPSA) is 77.5 Å². The maximum absolute atomic E-state index is 11.6. The second-order valence-corrected chi connectivity index (χ2v) is 3.67. The zero-order valence-electron chi connectivity index (χ0n) is 10.2. The van der Waals surface area contributed by atoms with Crippen LogP contribution >= 0.6 is 0 Å². The lowest BCUT2D eigenvalue weighted by Gasteiger charge is -2.03. The van der Waals surface area contributed by atoms with Crippen LogP contribution in [-0.2, 0) is 11.3 Å². The Balaban J connectivity index is 2.16. The van der Waals surface area contributed by atoms with E-state index in [1.165, 1.54) is 6.26 Å². The van der Waals surface area contributed by atoms with Gasteiger partial charge in [0.2, 0.25) is 0 Å². The van der Waals surface area contributed by atoms with Crippen molar-refractivity contribution in [3.63, 3.8) is 0 Å². The van der Waals surface area contributed by atoms with Gasteiger partial charge in [0.05, 0.1) is 12.1 Å². The van der Waals surface area contributed by atoms with Crippen molar-refractivity contribution < 1.29 is 13.9 Å². The normalized spacial score (nSPS) is 10.5. The second kappa shape index (κ2) is 7.86. The lowest BCUT2D eigenvalue weighted by molar-refractivity contribution is 0.0949. The molecule has 0 spiro atoms. The summed E-state index contributed by atoms with van der Waals surface area (Å²) >= 11 is 0. The van der Waals surface area contributed by atoms with Crippen molar-refractivity contribution in [3.8, 4) is 0 Å². The fourth-order valence-corrected chi connectivity index (χ4v) is 1.38. The first-order valence-electron chi connectivity index (χ1n) is 5.91. The van der Waals surface area contributed by atoms with Gasteiger partial charge in [0.25, 0.3) is 5.91 Å². The molecule has 0 aliphatic rings. The molecule has 0 aromatic carbocycles. The summed E-state index contributed by atoms with van der Waals surface area (Å²) in [6.07, 6.45) is 3.29. The number of rotatable bonds is 8. The Labute approximate surface area is 101 Å². The number of carbonyl (C=O) groups is 1. The van der Waals surface area contributed by atoms with Gasteiger partial charge >= 0.3 is 0 Å². The van der Waals surface area contributed by atoms with Gasteiger partial charge < -0.3 is 20.2 Å². The van der Waals surface area contributed by atoms with E-state index in [1.807, 2.05) is 6.92 Å². The van der Waals surface area contributed by atoms with Crippen LogP contribution in [0.1, 0.15) is 35.9 Å². The van der Waals surface area contributed by atoms with E-state index in [0.29, 0.717) is 24.4 Å². The molecule has 96 valence electrons. The van der Waals surface area contributed by atoms with Crippen molar-refractivity contribution in [3.05, 3.63) is 23.7 Å². The second-order valence-electron chi connectivity index (χ2n) is 3.67. The highest BCUT2D eigenvalue weighted by Crippen LogP contribution is 2.06. The van der Waals surface area contributed by atoms with E-state index < -0.39 is 0 Å². The van der Waals surface area contributed by atoms with Crippen LogP contribution in [0.25, 0.3) is 0 Å². The average molecular weight is 240 g/mol. The van der Waals surface area contributed by atoms with Crippen LogP contribution in [0.5, 0.6) is 0 Å². The lowest BCUT2D eigenvalue weighted by atomic mass is 10.2. The molecule has 0 fully saturated rings. The molecule has 1 aromatic rings. The van der Waals surface area contributed by atoms with Crippen molar-refractivity contribution in [1.82, 2.24) is 5.32 Å². The van der Waals surface area contributed by atoms with E-state index in [9.17, 15) is 4.79 Å². The minimum atomic E-state index is -0.121. The molecule has 17 heavy (non-hydrogen) atoms. The van der Waals surface area contributed by atoms with E-state index in [-0.39, 0.29) is 5.91 Å². The summed E-state index contributed by atoms with van der Waals surface area (Å²) in [6.45, 7) is 4.41. The maximum Gasteiger partial charge on any atom is 0.254 e. The molecule has 5 nitrogen and oxygen atoms in total. The monoisotopic (exact) mass is 240 g/mol. The van der Waals surface area contributed by atoms with Gasteiger partial charge in [-0.1, -0.05) is 0 Å². The summed E-state index contributed by atoms with van der Waals surface area (Å²) in [5.41, 5.74) is 5.92. The highest BCUT2D eigenvalue weighted by molar-refractivity contribution is 5.93. The summed E-state index contributed by atoms with van der Waals surface area (Å²) in [5, 5.41) is 2.82. The van der Waals surface area contributed by atoms with Crippen LogP contribution < -0.4 is 11.1 Å². The number of furan rings is 1. The first kappa shape index (κ1) is 13.7. The Bertz CT molecular complexity index is 336. The molecule has 1 heterocycles. The maximum atomic E-state index is 11.6. The molecule has 1 amide bonds. The Morgan fingerprint density at radius 3 is 3.00 bits per heavy atom. The van der Waals surface area contributed by atoms with Gasteiger partial charge in [0.1, 0.15) is 12.0 Å². The minimum absolute atomic E-state index is 0.121. The predicted molar refractivity (Wildman–Crippen MR) is 64.7 cm³/mol. The smallest absolute Gasteiger partial charge is 0.254 e. The third kappa shape index (κ3) is 5.01. The molecule has 0 unspecified atom stereocenters. The first-order valence-corrected chi connectivity index (χ1v) is 5.91. The summed E-state index contributed by atoms with van der Waals surface area (Å²) in [4.78, 5) is 11.6. The average Bonchev–Trinajstić information content (AvgIpc) is 2.82. The quantitative estimate of drug-likeness (QED) is 0.671. The number of hydrogen-bond donors (Lipinski definition) is 2. The molecule has 5 heteroatoms. The van der Waals surface area contributed by atoms with E-state index in [1.54, 1.807) is 6.07 Å². The van der Waals surface area contributed by atoms with Crippen LogP contribution in [0.2, 0.25) is 0 Å². The van der Waals surface area contributed by atoms with Gasteiger partial charge in [0, 0.05) is 19.8 Å². The van der Waals surface area contributed by atoms with Crippen molar-refractivity contribution >= 4 is 5.91 Å². The largest absolute Gasteiger partial charge is 0.467 e. The van der Waals surface area contributed by atoms with E-state index in [2.05, 4.69) is 5.32 Å². The first-order chi connectivity index (χ1) is 8.27. The Hall–Kier alpha value is -1.33. The molecule has 0 radical (unpaired) electrons. The number of carbonyl (C=O) groups excluding carboxylic acids is 1. The van der Waals surface area contributed by atoms with Gasteiger partial charge in [-0.3, -0.25) is 4.79 Å². The molecular formula is C12H20N2O3. The fraction of sp³-hybridized carbons (Fsp3) is 0.583. The summed E-state index contributed by atoms with van der Waals surface area (Å²) in [5.74, 6) is 0.497. The molecule has 0 aliphatic heterocycles.